The molecule has 252 valence electrons. The van der Waals surface area contributed by atoms with Crippen LogP contribution in [0.5, 0.6) is 0 Å². The van der Waals surface area contributed by atoms with E-state index < -0.39 is 0 Å². The molecule has 0 aromatic rings. The molecule has 0 unspecified atom stereocenters. The van der Waals surface area contributed by atoms with Crippen molar-refractivity contribution in [3.8, 4) is 0 Å². The lowest BCUT2D eigenvalue weighted by atomic mass is 9.44. The SMILES string of the molecule is C[C@]12CC[C@H]3[C@@H]([C@H](C/C=C\C[C@@H]4CC5=CC(=O)CC[C@]5(C)[C@H]5CC[C@]6(C)[C@@H](O)CC[C@H]6[C@H]45)CC4=CC(=O)CC[C@@]43C)[C@@H]1CC[C@@H]2O. The summed E-state index contributed by atoms with van der Waals surface area (Å²) in [4.78, 5) is 25.3. The van der Waals surface area contributed by atoms with E-state index in [0.717, 1.165) is 77.0 Å². The summed E-state index contributed by atoms with van der Waals surface area (Å²) in [5.74, 6) is 5.34. The van der Waals surface area contributed by atoms with Crippen molar-refractivity contribution in [1.29, 1.82) is 0 Å². The fraction of sp³-hybridized carbons (Fsp3) is 0.810. The molecular weight excluding hydrogens is 568 g/mol. The van der Waals surface area contributed by atoms with Crippen LogP contribution in [0.25, 0.3) is 0 Å². The summed E-state index contributed by atoms with van der Waals surface area (Å²) >= 11 is 0. The van der Waals surface area contributed by atoms with Crippen LogP contribution < -0.4 is 0 Å². The Morgan fingerprint density at radius 2 is 1.02 bits per heavy atom. The molecule has 0 spiro atoms. The van der Waals surface area contributed by atoms with Crippen molar-refractivity contribution in [2.24, 2.45) is 69.0 Å². The van der Waals surface area contributed by atoms with Crippen LogP contribution in [0.1, 0.15) is 130 Å². The Balaban J connectivity index is 1.06. The second-order valence-electron chi connectivity index (χ2n) is 18.8. The zero-order valence-corrected chi connectivity index (χ0v) is 29.1. The fourth-order valence-electron chi connectivity index (χ4n) is 14.4. The first kappa shape index (κ1) is 31.7. The highest BCUT2D eigenvalue weighted by Crippen LogP contribution is 2.68. The van der Waals surface area contributed by atoms with Crippen molar-refractivity contribution >= 4 is 11.6 Å². The van der Waals surface area contributed by atoms with Gasteiger partial charge in [-0.25, -0.2) is 0 Å². The van der Waals surface area contributed by atoms with Gasteiger partial charge in [-0.15, -0.1) is 0 Å². The van der Waals surface area contributed by atoms with E-state index in [1.165, 1.54) is 24.0 Å². The Labute approximate surface area is 277 Å². The zero-order valence-electron chi connectivity index (χ0n) is 29.1. The van der Waals surface area contributed by atoms with E-state index in [9.17, 15) is 19.8 Å². The standard InChI is InChI=1S/C42H60O4/c1-39-17-13-29(43)23-27(39)21-25(37-31-9-11-35(45)41(31,3)19-15-33(37)39)7-5-6-8-26-22-28-24-30(44)14-18-40(28,2)34-16-20-42(4)32(38(26)34)10-12-36(42)46/h5-6,23-26,31-38,45-46H,7-22H2,1-4H3/b6-5-/t25-,26-,31+,32+,33+,34+,35+,36+,37+,38+,39+,40+,41+,42+/m1/s1. The van der Waals surface area contributed by atoms with Gasteiger partial charge in [-0.05, 0) is 171 Å². The number of aliphatic hydroxyl groups excluding tert-OH is 2. The van der Waals surface area contributed by atoms with E-state index in [1.54, 1.807) is 0 Å². The first-order chi connectivity index (χ1) is 21.9. The molecule has 0 aromatic carbocycles. The van der Waals surface area contributed by atoms with Crippen LogP contribution in [0.3, 0.4) is 0 Å². The van der Waals surface area contributed by atoms with E-state index in [2.05, 4.69) is 39.8 Å². The van der Waals surface area contributed by atoms with Crippen molar-refractivity contribution in [2.75, 3.05) is 0 Å². The molecule has 0 aliphatic heterocycles. The molecule has 14 atom stereocenters. The first-order valence-corrected chi connectivity index (χ1v) is 19.4. The minimum absolute atomic E-state index is 0.0413. The summed E-state index contributed by atoms with van der Waals surface area (Å²) in [7, 11) is 0. The summed E-state index contributed by atoms with van der Waals surface area (Å²) in [5.41, 5.74) is 3.22. The maximum absolute atomic E-state index is 12.7. The van der Waals surface area contributed by atoms with Gasteiger partial charge in [-0.2, -0.15) is 0 Å². The highest BCUT2D eigenvalue weighted by Gasteiger charge is 2.62. The lowest BCUT2D eigenvalue weighted by Gasteiger charge is -2.60. The Bertz CT molecular complexity index is 1270. The van der Waals surface area contributed by atoms with Crippen LogP contribution in [0.4, 0.5) is 0 Å². The lowest BCUT2D eigenvalue weighted by molar-refractivity contribution is -0.120. The van der Waals surface area contributed by atoms with E-state index in [-0.39, 0.29) is 33.9 Å². The summed E-state index contributed by atoms with van der Waals surface area (Å²) in [6.07, 6.45) is 25.1. The Hall–Kier alpha value is -1.52. The number of ketones is 2. The van der Waals surface area contributed by atoms with Gasteiger partial charge < -0.3 is 10.2 Å². The Morgan fingerprint density at radius 3 is 1.43 bits per heavy atom. The monoisotopic (exact) mass is 628 g/mol. The van der Waals surface area contributed by atoms with E-state index in [4.69, 9.17) is 0 Å². The minimum atomic E-state index is -0.173. The van der Waals surface area contributed by atoms with E-state index in [1.807, 2.05) is 12.2 Å². The summed E-state index contributed by atoms with van der Waals surface area (Å²) in [5, 5.41) is 22.3. The van der Waals surface area contributed by atoms with Gasteiger partial charge in [0.05, 0.1) is 12.2 Å². The topological polar surface area (TPSA) is 74.6 Å². The zero-order chi connectivity index (χ0) is 32.2. The van der Waals surface area contributed by atoms with E-state index >= 15 is 0 Å². The van der Waals surface area contributed by atoms with Crippen molar-refractivity contribution < 1.29 is 19.8 Å². The third kappa shape index (κ3) is 4.50. The molecule has 6 saturated carbocycles. The minimum Gasteiger partial charge on any atom is -0.393 e. The normalized spacial score (nSPS) is 53.0. The summed E-state index contributed by atoms with van der Waals surface area (Å²) < 4.78 is 0. The maximum atomic E-state index is 12.7. The van der Waals surface area contributed by atoms with E-state index in [0.29, 0.717) is 71.8 Å². The number of hydrogen-bond acceptors (Lipinski definition) is 4. The van der Waals surface area contributed by atoms with Gasteiger partial charge >= 0.3 is 0 Å². The molecule has 0 saturated heterocycles. The molecule has 46 heavy (non-hydrogen) atoms. The average Bonchev–Trinajstić information content (AvgIpc) is 3.50. The number of carbonyl (C=O) groups excluding carboxylic acids is 2. The maximum Gasteiger partial charge on any atom is 0.155 e. The summed E-state index contributed by atoms with van der Waals surface area (Å²) in [6, 6.07) is 0. The number of allylic oxidation sites excluding steroid dienone is 4. The number of aliphatic hydroxyl groups is 2. The predicted octanol–water partition coefficient (Wildman–Crippen LogP) is 8.56. The van der Waals surface area contributed by atoms with Gasteiger partial charge in [0, 0.05) is 12.8 Å². The average molecular weight is 629 g/mol. The smallest absolute Gasteiger partial charge is 0.155 e. The van der Waals surface area contributed by atoms with Crippen molar-refractivity contribution in [3.63, 3.8) is 0 Å². The third-order valence-corrected chi connectivity index (χ3v) is 17.2. The molecule has 0 heterocycles. The number of rotatable bonds is 4. The molecule has 4 heteroatoms. The second-order valence-corrected chi connectivity index (χ2v) is 18.8. The molecule has 2 N–H and O–H groups in total. The van der Waals surface area contributed by atoms with Crippen molar-refractivity contribution in [1.82, 2.24) is 0 Å². The molecule has 8 aliphatic rings. The molecule has 0 bridgehead atoms. The van der Waals surface area contributed by atoms with Gasteiger partial charge in [-0.3, -0.25) is 9.59 Å². The fourth-order valence-corrected chi connectivity index (χ4v) is 14.4. The molecule has 4 nitrogen and oxygen atoms in total. The second kappa shape index (κ2) is 11.0. The van der Waals surface area contributed by atoms with Crippen LogP contribution >= 0.6 is 0 Å². The molecule has 0 radical (unpaired) electrons. The highest BCUT2D eigenvalue weighted by molar-refractivity contribution is 5.92. The van der Waals surface area contributed by atoms with Gasteiger partial charge in [-0.1, -0.05) is 51.0 Å². The molecule has 8 rings (SSSR count). The molecule has 0 aromatic heterocycles. The van der Waals surface area contributed by atoms with Crippen molar-refractivity contribution in [2.45, 2.75) is 143 Å². The van der Waals surface area contributed by atoms with Gasteiger partial charge in [0.15, 0.2) is 11.6 Å². The van der Waals surface area contributed by atoms with Crippen LogP contribution in [-0.4, -0.2) is 34.0 Å². The van der Waals surface area contributed by atoms with Gasteiger partial charge in [0.25, 0.3) is 0 Å². The lowest BCUT2D eigenvalue weighted by Crippen LogP contribution is -2.54. The highest BCUT2D eigenvalue weighted by atomic mass is 16.3. The molecule has 8 aliphatic carbocycles. The Morgan fingerprint density at radius 1 is 0.609 bits per heavy atom. The van der Waals surface area contributed by atoms with Crippen LogP contribution in [0.15, 0.2) is 35.5 Å². The molecule has 0 amide bonds. The van der Waals surface area contributed by atoms with Gasteiger partial charge in [0.1, 0.15) is 0 Å². The predicted molar refractivity (Wildman–Crippen MR) is 182 cm³/mol. The van der Waals surface area contributed by atoms with Crippen LogP contribution in [-0.2, 0) is 9.59 Å². The number of fused-ring (bicyclic) bond motifs is 10. The summed E-state index contributed by atoms with van der Waals surface area (Å²) in [6.45, 7) is 9.70. The largest absolute Gasteiger partial charge is 0.393 e. The van der Waals surface area contributed by atoms with Gasteiger partial charge in [0.2, 0.25) is 0 Å². The molecule has 6 fully saturated rings. The van der Waals surface area contributed by atoms with Crippen molar-refractivity contribution in [3.05, 3.63) is 35.5 Å². The number of carbonyl (C=O) groups is 2. The number of hydrogen-bond donors (Lipinski definition) is 2. The third-order valence-electron chi connectivity index (χ3n) is 17.2. The quantitative estimate of drug-likeness (QED) is 0.306. The first-order valence-electron chi connectivity index (χ1n) is 19.4. The Kier molecular flexibility index (Phi) is 7.58. The van der Waals surface area contributed by atoms with Crippen LogP contribution in [0, 0.1) is 69.0 Å². The van der Waals surface area contributed by atoms with Crippen LogP contribution in [0.2, 0.25) is 0 Å². The molecular formula is C42H60O4.